The molecule has 0 radical (unpaired) electrons. The number of hydrogen-bond acceptors (Lipinski definition) is 2. The van der Waals surface area contributed by atoms with Gasteiger partial charge in [-0.1, -0.05) is 37.8 Å². The van der Waals surface area contributed by atoms with Crippen molar-refractivity contribution in [3.05, 3.63) is 83.4 Å². The van der Waals surface area contributed by atoms with E-state index in [-0.39, 0.29) is 5.91 Å². The van der Waals surface area contributed by atoms with Crippen LogP contribution in [0.2, 0.25) is 0 Å². The molecule has 0 atom stereocenters. The molecule has 0 spiro atoms. The summed E-state index contributed by atoms with van der Waals surface area (Å²) in [6.07, 6.45) is 5.27. The largest absolute Gasteiger partial charge is 0.497 e. The molecule has 0 aliphatic rings. The van der Waals surface area contributed by atoms with Gasteiger partial charge in [0, 0.05) is 19.2 Å². The molecular formula is C22H28FNO2. The number of amides is 1. The minimum atomic E-state index is -0.416. The lowest BCUT2D eigenvalue weighted by Crippen LogP contribution is -2.28. The zero-order chi connectivity index (χ0) is 19.7. The fourth-order valence-electron chi connectivity index (χ4n) is 2.38. The van der Waals surface area contributed by atoms with Crippen LogP contribution in [-0.4, -0.2) is 31.5 Å². The minimum absolute atomic E-state index is 0.210. The standard InChI is InChI=1S/C22H28FNO2/c1-7-16(2)21(12-11-18(4)26-6)17(3)13-14-24(5)22(25)19-9-8-10-20(23)15-19/h8-12,15H,3-4,7,13-14H2,1-2,5-6H3/b12-11-,21-16-. The molecule has 4 heteroatoms. The van der Waals surface area contributed by atoms with Crippen molar-refractivity contribution in [1.82, 2.24) is 4.90 Å². The van der Waals surface area contributed by atoms with Crippen LogP contribution in [0.25, 0.3) is 0 Å². The average Bonchev–Trinajstić information content (AvgIpc) is 2.64. The van der Waals surface area contributed by atoms with Crippen molar-refractivity contribution in [3.63, 3.8) is 0 Å². The van der Waals surface area contributed by atoms with Crippen LogP contribution in [0.15, 0.2) is 72.1 Å². The summed E-state index contributed by atoms with van der Waals surface area (Å²) >= 11 is 0. The second kappa shape index (κ2) is 10.4. The molecule has 0 bridgehead atoms. The van der Waals surface area contributed by atoms with Gasteiger partial charge in [-0.3, -0.25) is 4.79 Å². The summed E-state index contributed by atoms with van der Waals surface area (Å²) in [7, 11) is 3.28. The fourth-order valence-corrected chi connectivity index (χ4v) is 2.38. The lowest BCUT2D eigenvalue weighted by Gasteiger charge is -2.19. The van der Waals surface area contributed by atoms with Crippen molar-refractivity contribution in [2.75, 3.05) is 20.7 Å². The first-order valence-corrected chi connectivity index (χ1v) is 8.60. The smallest absolute Gasteiger partial charge is 0.253 e. The number of nitrogens with zero attached hydrogens (tertiary/aromatic N) is 1. The number of ether oxygens (including phenoxy) is 1. The summed E-state index contributed by atoms with van der Waals surface area (Å²) in [5.41, 5.74) is 3.52. The van der Waals surface area contributed by atoms with E-state index < -0.39 is 5.82 Å². The zero-order valence-corrected chi connectivity index (χ0v) is 16.1. The first-order valence-electron chi connectivity index (χ1n) is 8.60. The van der Waals surface area contributed by atoms with Crippen LogP contribution in [0.1, 0.15) is 37.0 Å². The van der Waals surface area contributed by atoms with E-state index in [1.54, 1.807) is 31.2 Å². The Morgan fingerprint density at radius 2 is 2.00 bits per heavy atom. The quantitative estimate of drug-likeness (QED) is 0.444. The van der Waals surface area contributed by atoms with E-state index in [0.29, 0.717) is 24.3 Å². The van der Waals surface area contributed by atoms with Gasteiger partial charge in [-0.25, -0.2) is 4.39 Å². The van der Waals surface area contributed by atoms with Crippen LogP contribution in [0.5, 0.6) is 0 Å². The van der Waals surface area contributed by atoms with Gasteiger partial charge in [0.25, 0.3) is 5.91 Å². The number of rotatable bonds is 9. The van der Waals surface area contributed by atoms with Crippen molar-refractivity contribution in [3.8, 4) is 0 Å². The molecule has 0 heterocycles. The van der Waals surface area contributed by atoms with Crippen LogP contribution in [0.4, 0.5) is 4.39 Å². The van der Waals surface area contributed by atoms with E-state index in [2.05, 4.69) is 27.0 Å². The number of hydrogen-bond donors (Lipinski definition) is 0. The summed E-state index contributed by atoms with van der Waals surface area (Å²) in [6, 6.07) is 5.72. The normalized spacial score (nSPS) is 11.9. The van der Waals surface area contributed by atoms with Gasteiger partial charge in [0.15, 0.2) is 0 Å². The molecule has 1 amide bonds. The van der Waals surface area contributed by atoms with Crippen LogP contribution >= 0.6 is 0 Å². The highest BCUT2D eigenvalue weighted by molar-refractivity contribution is 5.94. The number of methoxy groups -OCH3 is 1. The Morgan fingerprint density at radius 1 is 1.31 bits per heavy atom. The third-order valence-corrected chi connectivity index (χ3v) is 4.24. The van der Waals surface area contributed by atoms with Crippen LogP contribution in [-0.2, 0) is 4.74 Å². The van der Waals surface area contributed by atoms with Crippen molar-refractivity contribution in [2.24, 2.45) is 0 Å². The third-order valence-electron chi connectivity index (χ3n) is 4.24. The van der Waals surface area contributed by atoms with Crippen LogP contribution < -0.4 is 0 Å². The molecule has 0 saturated carbocycles. The number of benzene rings is 1. The molecule has 0 N–H and O–H groups in total. The third kappa shape index (κ3) is 6.36. The predicted molar refractivity (Wildman–Crippen MR) is 105 cm³/mol. The van der Waals surface area contributed by atoms with E-state index in [4.69, 9.17) is 4.74 Å². The van der Waals surface area contributed by atoms with Crippen LogP contribution in [0.3, 0.4) is 0 Å². The molecule has 0 aromatic heterocycles. The minimum Gasteiger partial charge on any atom is -0.497 e. The monoisotopic (exact) mass is 357 g/mol. The maximum absolute atomic E-state index is 13.3. The Morgan fingerprint density at radius 3 is 2.58 bits per heavy atom. The zero-order valence-electron chi connectivity index (χ0n) is 16.1. The van der Waals surface area contributed by atoms with Crippen molar-refractivity contribution in [2.45, 2.75) is 26.7 Å². The lowest BCUT2D eigenvalue weighted by molar-refractivity contribution is 0.0796. The Balaban J connectivity index is 2.79. The Hall–Kier alpha value is -2.62. The average molecular weight is 357 g/mol. The highest BCUT2D eigenvalue weighted by Crippen LogP contribution is 2.21. The van der Waals surface area contributed by atoms with Gasteiger partial charge in [0.05, 0.1) is 7.11 Å². The molecule has 26 heavy (non-hydrogen) atoms. The van der Waals surface area contributed by atoms with Gasteiger partial charge < -0.3 is 9.64 Å². The number of halogens is 1. The summed E-state index contributed by atoms with van der Waals surface area (Å²) in [5, 5.41) is 0. The van der Waals surface area contributed by atoms with Gasteiger partial charge in [-0.2, -0.15) is 0 Å². The molecule has 0 fully saturated rings. The van der Waals surface area contributed by atoms with E-state index in [1.165, 1.54) is 23.8 Å². The van der Waals surface area contributed by atoms with Gasteiger partial charge in [0.2, 0.25) is 0 Å². The Bertz CT molecular complexity index is 731. The molecule has 1 rings (SSSR count). The van der Waals surface area contributed by atoms with Crippen molar-refractivity contribution < 1.29 is 13.9 Å². The molecule has 0 saturated heterocycles. The highest BCUT2D eigenvalue weighted by Gasteiger charge is 2.13. The van der Waals surface area contributed by atoms with Gasteiger partial charge >= 0.3 is 0 Å². The number of carbonyl (C=O) groups is 1. The highest BCUT2D eigenvalue weighted by atomic mass is 19.1. The van der Waals surface area contributed by atoms with E-state index in [0.717, 1.165) is 17.6 Å². The van der Waals surface area contributed by atoms with E-state index >= 15 is 0 Å². The Labute approximate surface area is 156 Å². The second-order valence-corrected chi connectivity index (χ2v) is 6.14. The van der Waals surface area contributed by atoms with Gasteiger partial charge in [-0.05, 0) is 55.2 Å². The van der Waals surface area contributed by atoms with Gasteiger partial charge in [0.1, 0.15) is 11.6 Å². The predicted octanol–water partition coefficient (Wildman–Crippen LogP) is 5.29. The van der Waals surface area contributed by atoms with E-state index in [9.17, 15) is 9.18 Å². The van der Waals surface area contributed by atoms with Crippen LogP contribution in [0, 0.1) is 5.82 Å². The van der Waals surface area contributed by atoms with Crippen molar-refractivity contribution >= 4 is 5.91 Å². The van der Waals surface area contributed by atoms with Gasteiger partial charge in [-0.15, -0.1) is 0 Å². The molecule has 0 aliphatic heterocycles. The molecule has 0 aliphatic carbocycles. The molecular weight excluding hydrogens is 329 g/mol. The first kappa shape index (κ1) is 21.4. The molecule has 140 valence electrons. The SMILES string of the molecule is C=C(/C=C\C(C(=C)CCN(C)C(=O)c1cccc(F)c1)=C(/C)CC)OC. The molecule has 1 aromatic rings. The maximum atomic E-state index is 13.3. The molecule has 1 aromatic carbocycles. The first-order chi connectivity index (χ1) is 12.3. The second-order valence-electron chi connectivity index (χ2n) is 6.14. The van der Waals surface area contributed by atoms with Crippen molar-refractivity contribution in [1.29, 1.82) is 0 Å². The number of allylic oxidation sites excluding steroid dienone is 4. The summed E-state index contributed by atoms with van der Waals surface area (Å²) in [6.45, 7) is 12.6. The summed E-state index contributed by atoms with van der Waals surface area (Å²) < 4.78 is 18.4. The molecule has 0 unspecified atom stereocenters. The molecule has 3 nitrogen and oxygen atoms in total. The van der Waals surface area contributed by atoms with E-state index in [1.807, 2.05) is 6.08 Å². The fraction of sp³-hybridized carbons (Fsp3) is 0.318. The lowest BCUT2D eigenvalue weighted by atomic mass is 9.97. The summed E-state index contributed by atoms with van der Waals surface area (Å²) in [5.74, 6) is -0.0584. The Kier molecular flexibility index (Phi) is 8.56. The number of carbonyl (C=O) groups excluding carboxylic acids is 1. The topological polar surface area (TPSA) is 29.5 Å². The summed E-state index contributed by atoms with van der Waals surface area (Å²) in [4.78, 5) is 14.0. The maximum Gasteiger partial charge on any atom is 0.253 e.